The van der Waals surface area contributed by atoms with Gasteiger partial charge in [-0.3, -0.25) is 4.57 Å². The van der Waals surface area contributed by atoms with Crippen LogP contribution < -0.4 is 9.80 Å². The fourth-order valence-corrected chi connectivity index (χ4v) is 5.75. The van der Waals surface area contributed by atoms with Crippen molar-refractivity contribution in [3.63, 3.8) is 0 Å². The summed E-state index contributed by atoms with van der Waals surface area (Å²) in [6.45, 7) is 3.96. The second-order valence-electron chi connectivity index (χ2n) is 10.0. The van der Waals surface area contributed by atoms with Gasteiger partial charge in [-0.1, -0.05) is 0 Å². The van der Waals surface area contributed by atoms with Crippen molar-refractivity contribution < 1.29 is 4.39 Å². The number of halogens is 1. The van der Waals surface area contributed by atoms with Gasteiger partial charge >= 0.3 is 0 Å². The molecule has 0 amide bonds. The minimum Gasteiger partial charge on any atom is -0.372 e. The zero-order valence-corrected chi connectivity index (χ0v) is 21.5. The van der Waals surface area contributed by atoms with E-state index in [0.29, 0.717) is 17.3 Å². The van der Waals surface area contributed by atoms with Crippen LogP contribution in [0.15, 0.2) is 59.7 Å². The van der Waals surface area contributed by atoms with E-state index in [-0.39, 0.29) is 5.56 Å². The molecule has 0 aliphatic carbocycles. The lowest BCUT2D eigenvalue weighted by molar-refractivity contribution is 0.514. The molecule has 2 fully saturated rings. The molecule has 8 heteroatoms. The molecular weight excluding hydrogens is 477 g/mol. The number of benzene rings is 2. The van der Waals surface area contributed by atoms with Gasteiger partial charge in [0.1, 0.15) is 23.2 Å². The third-order valence-electron chi connectivity index (χ3n) is 7.61. The van der Waals surface area contributed by atoms with E-state index in [1.165, 1.54) is 30.7 Å². The van der Waals surface area contributed by atoms with Crippen LogP contribution in [0.5, 0.6) is 0 Å². The topological polar surface area (TPSA) is 73.3 Å². The molecule has 2 aliphatic heterocycles. The van der Waals surface area contributed by atoms with Crippen LogP contribution in [0.25, 0.3) is 28.2 Å². The summed E-state index contributed by atoms with van der Waals surface area (Å²) in [4.78, 5) is 18.8. The Morgan fingerprint density at radius 1 is 1.00 bits per heavy atom. The Morgan fingerprint density at radius 2 is 1.76 bits per heavy atom. The van der Waals surface area contributed by atoms with Gasteiger partial charge < -0.3 is 14.8 Å². The number of nitriles is 1. The third-order valence-corrected chi connectivity index (χ3v) is 7.61. The van der Waals surface area contributed by atoms with Crippen LogP contribution in [0, 0.1) is 23.1 Å². The number of aromatic nitrogens is 3. The van der Waals surface area contributed by atoms with Crippen molar-refractivity contribution in [1.82, 2.24) is 14.5 Å². The largest absolute Gasteiger partial charge is 0.372 e. The smallest absolute Gasteiger partial charge is 0.167 e. The molecule has 2 aliphatic rings. The summed E-state index contributed by atoms with van der Waals surface area (Å²) in [5.74, 6) is 0.434. The Balaban J connectivity index is 1.50. The number of rotatable bonds is 5. The highest BCUT2D eigenvalue weighted by Gasteiger charge is 2.25. The summed E-state index contributed by atoms with van der Waals surface area (Å²) in [5.41, 5.74) is 5.26. The maximum Gasteiger partial charge on any atom is 0.167 e. The van der Waals surface area contributed by atoms with Crippen LogP contribution in [0.2, 0.25) is 0 Å². The second kappa shape index (κ2) is 10.3. The molecule has 38 heavy (non-hydrogen) atoms. The second-order valence-corrected chi connectivity index (χ2v) is 10.0. The van der Waals surface area contributed by atoms with Gasteiger partial charge in [0.25, 0.3) is 0 Å². The average Bonchev–Trinajstić information content (AvgIpc) is 3.62. The fourth-order valence-electron chi connectivity index (χ4n) is 5.75. The lowest BCUT2D eigenvalue weighted by atomic mass is 9.99. The summed E-state index contributed by atoms with van der Waals surface area (Å²) < 4.78 is 16.7. The summed E-state index contributed by atoms with van der Waals surface area (Å²) in [6, 6.07) is 17.0. The van der Waals surface area contributed by atoms with Crippen LogP contribution in [-0.4, -0.2) is 54.0 Å². The van der Waals surface area contributed by atoms with E-state index in [1.54, 1.807) is 6.07 Å². The molecule has 0 N–H and O–H groups in total. The molecule has 1 unspecified atom stereocenters. The molecule has 0 saturated carbocycles. The predicted octanol–water partition coefficient (Wildman–Crippen LogP) is 5.62. The number of nitrogens with zero attached hydrogens (tertiary/aromatic N) is 7. The molecule has 192 valence electrons. The Hall–Kier alpha value is -4.25. The SMILES string of the molecule is C/N=C\C1CCCN(c2ccnc3c2nc(-c2ccc(C#N)c(F)c2)n3-c2ccc(N3CCCC3)cc2)C1. The van der Waals surface area contributed by atoms with E-state index in [0.717, 1.165) is 61.6 Å². The van der Waals surface area contributed by atoms with Crippen molar-refractivity contribution in [1.29, 1.82) is 5.26 Å². The van der Waals surface area contributed by atoms with Gasteiger partial charge in [-0.25, -0.2) is 14.4 Å². The number of piperidine rings is 1. The molecule has 0 spiro atoms. The van der Waals surface area contributed by atoms with Crippen molar-refractivity contribution in [2.24, 2.45) is 10.9 Å². The van der Waals surface area contributed by atoms with Crippen LogP contribution in [0.1, 0.15) is 31.2 Å². The molecule has 1 atom stereocenters. The Labute approximate surface area is 221 Å². The number of aliphatic imine (C=N–C) groups is 1. The first-order valence-electron chi connectivity index (χ1n) is 13.3. The standard InChI is InChI=1S/C30H30FN7/c1-33-19-21-5-4-16-37(20-21)27-12-13-34-30-28(27)35-29(22-6-7-23(18-32)26(31)17-22)38(30)25-10-8-24(9-11-25)36-14-2-3-15-36/h6-13,17,19,21H,2-5,14-16,20H2,1H3/b33-19-. The van der Waals surface area contributed by atoms with E-state index < -0.39 is 5.82 Å². The molecule has 2 aromatic carbocycles. The first-order valence-corrected chi connectivity index (χ1v) is 13.3. The quantitative estimate of drug-likeness (QED) is 0.328. The summed E-state index contributed by atoms with van der Waals surface area (Å²) >= 11 is 0. The maximum absolute atomic E-state index is 14.7. The van der Waals surface area contributed by atoms with Crippen molar-refractivity contribution in [3.05, 3.63) is 66.1 Å². The number of imidazole rings is 1. The first kappa shape index (κ1) is 24.1. The normalized spacial score (nSPS) is 18.0. The third kappa shape index (κ3) is 4.38. The lowest BCUT2D eigenvalue weighted by Gasteiger charge is -2.32. The molecule has 4 aromatic rings. The highest BCUT2D eigenvalue weighted by molar-refractivity contribution is 5.91. The van der Waals surface area contributed by atoms with Gasteiger partial charge in [0.15, 0.2) is 5.65 Å². The van der Waals surface area contributed by atoms with Gasteiger partial charge in [0, 0.05) is 68.5 Å². The number of hydrogen-bond acceptors (Lipinski definition) is 6. The zero-order valence-electron chi connectivity index (χ0n) is 21.5. The van der Waals surface area contributed by atoms with Gasteiger partial charge in [0.2, 0.25) is 0 Å². The van der Waals surface area contributed by atoms with E-state index in [9.17, 15) is 9.65 Å². The minimum atomic E-state index is -0.557. The Kier molecular flexibility index (Phi) is 6.50. The van der Waals surface area contributed by atoms with Crippen LogP contribution in [-0.2, 0) is 0 Å². The fraction of sp³-hybridized carbons (Fsp3) is 0.333. The molecule has 0 radical (unpaired) electrons. The molecule has 4 heterocycles. The summed E-state index contributed by atoms with van der Waals surface area (Å²) in [6.07, 6.45) is 8.50. The summed E-state index contributed by atoms with van der Waals surface area (Å²) in [5, 5.41) is 9.24. The molecular formula is C30H30FN7. The number of fused-ring (bicyclic) bond motifs is 1. The highest BCUT2D eigenvalue weighted by atomic mass is 19.1. The van der Waals surface area contributed by atoms with E-state index >= 15 is 0 Å². The van der Waals surface area contributed by atoms with E-state index in [2.05, 4.69) is 39.1 Å². The molecule has 2 aromatic heterocycles. The number of pyridine rings is 1. The monoisotopic (exact) mass is 507 g/mol. The molecule has 0 bridgehead atoms. The van der Waals surface area contributed by atoms with Gasteiger partial charge in [-0.2, -0.15) is 5.26 Å². The summed E-state index contributed by atoms with van der Waals surface area (Å²) in [7, 11) is 1.82. The van der Waals surface area contributed by atoms with Gasteiger partial charge in [0.05, 0.1) is 11.3 Å². The maximum atomic E-state index is 14.7. The highest BCUT2D eigenvalue weighted by Crippen LogP contribution is 2.35. The van der Waals surface area contributed by atoms with Gasteiger partial charge in [-0.15, -0.1) is 0 Å². The van der Waals surface area contributed by atoms with Crippen molar-refractivity contribution >= 4 is 28.8 Å². The predicted molar refractivity (Wildman–Crippen MR) is 150 cm³/mol. The average molecular weight is 508 g/mol. The first-order chi connectivity index (χ1) is 18.7. The lowest BCUT2D eigenvalue weighted by Crippen LogP contribution is -2.36. The Bertz CT molecular complexity index is 1530. The molecule has 2 saturated heterocycles. The number of hydrogen-bond donors (Lipinski definition) is 0. The van der Waals surface area contributed by atoms with Crippen LogP contribution >= 0.6 is 0 Å². The minimum absolute atomic E-state index is 0.0159. The molecule has 6 rings (SSSR count). The van der Waals surface area contributed by atoms with Crippen molar-refractivity contribution in [2.75, 3.05) is 43.0 Å². The van der Waals surface area contributed by atoms with Crippen molar-refractivity contribution in [3.8, 4) is 23.1 Å². The van der Waals surface area contributed by atoms with Gasteiger partial charge in [-0.05, 0) is 74.2 Å². The Morgan fingerprint density at radius 3 is 2.50 bits per heavy atom. The van der Waals surface area contributed by atoms with E-state index in [4.69, 9.17) is 9.97 Å². The number of anilines is 2. The molecule has 7 nitrogen and oxygen atoms in total. The van der Waals surface area contributed by atoms with Crippen LogP contribution in [0.4, 0.5) is 15.8 Å². The van der Waals surface area contributed by atoms with E-state index in [1.807, 2.05) is 36.2 Å². The van der Waals surface area contributed by atoms with Crippen molar-refractivity contribution in [2.45, 2.75) is 25.7 Å². The van der Waals surface area contributed by atoms with Crippen LogP contribution in [0.3, 0.4) is 0 Å². The zero-order chi connectivity index (χ0) is 26.1.